The maximum atomic E-state index is 11.9. The van der Waals surface area contributed by atoms with E-state index in [2.05, 4.69) is 4.98 Å². The second kappa shape index (κ2) is 3.36. The molecule has 2 aromatic rings. The number of nitrogens with one attached hydrogen (secondary N) is 1. The van der Waals surface area contributed by atoms with Crippen LogP contribution in [0.2, 0.25) is 0 Å². The Morgan fingerprint density at radius 1 is 1.20 bits per heavy atom. The minimum Gasteiger partial charge on any atom is -0.360 e. The first kappa shape index (κ1) is 10.2. The minimum absolute atomic E-state index is 0.322. The molecule has 0 spiro atoms. The van der Waals surface area contributed by atoms with Crippen molar-refractivity contribution in [2.75, 3.05) is 14.1 Å². The quantitative estimate of drug-likeness (QED) is 0.838. The molecule has 1 aromatic carbocycles. The number of rotatable bonds is 2. The van der Waals surface area contributed by atoms with E-state index in [1.807, 2.05) is 18.2 Å². The van der Waals surface area contributed by atoms with Crippen LogP contribution in [0.15, 0.2) is 35.4 Å². The van der Waals surface area contributed by atoms with Crippen LogP contribution in [0.25, 0.3) is 10.9 Å². The van der Waals surface area contributed by atoms with Gasteiger partial charge in [-0.1, -0.05) is 18.2 Å². The summed E-state index contributed by atoms with van der Waals surface area (Å²) in [5.74, 6) is 0. The lowest BCUT2D eigenvalue weighted by Crippen LogP contribution is -2.21. The van der Waals surface area contributed by atoms with E-state index in [4.69, 9.17) is 0 Å². The van der Waals surface area contributed by atoms with Gasteiger partial charge >= 0.3 is 0 Å². The Morgan fingerprint density at radius 3 is 2.53 bits per heavy atom. The fourth-order valence-electron chi connectivity index (χ4n) is 1.46. The van der Waals surface area contributed by atoms with Crippen LogP contribution in [0.5, 0.6) is 0 Å². The molecular weight excluding hydrogens is 212 g/mol. The number of sulfonamides is 1. The summed E-state index contributed by atoms with van der Waals surface area (Å²) in [7, 11) is -0.308. The van der Waals surface area contributed by atoms with Gasteiger partial charge in [0.25, 0.3) is 0 Å². The number of hydrogen-bond acceptors (Lipinski definition) is 2. The Labute approximate surface area is 88.6 Å². The van der Waals surface area contributed by atoms with E-state index in [0.717, 1.165) is 10.9 Å². The van der Waals surface area contributed by atoms with Gasteiger partial charge in [-0.3, -0.25) is 0 Å². The number of H-pyrrole nitrogens is 1. The molecule has 2 rings (SSSR count). The number of hydrogen-bond donors (Lipinski definition) is 1. The third kappa shape index (κ3) is 1.53. The standard InChI is InChI=1S/C10H12N2O2S/c1-12(2)15(13,14)10-7-11-9-6-4-3-5-8(9)10/h3-7,11H,1-2H3. The van der Waals surface area contributed by atoms with E-state index in [9.17, 15) is 8.42 Å². The summed E-state index contributed by atoms with van der Waals surface area (Å²) < 4.78 is 25.0. The van der Waals surface area contributed by atoms with Gasteiger partial charge in [-0.15, -0.1) is 0 Å². The molecule has 1 heterocycles. The lowest BCUT2D eigenvalue weighted by atomic mass is 10.2. The number of aromatic amines is 1. The monoisotopic (exact) mass is 224 g/mol. The van der Waals surface area contributed by atoms with Gasteiger partial charge in [0.2, 0.25) is 10.0 Å². The van der Waals surface area contributed by atoms with Gasteiger partial charge < -0.3 is 4.98 Å². The van der Waals surface area contributed by atoms with E-state index in [0.29, 0.717) is 4.90 Å². The van der Waals surface area contributed by atoms with Crippen molar-refractivity contribution in [3.05, 3.63) is 30.5 Å². The molecule has 0 atom stereocenters. The van der Waals surface area contributed by atoms with Gasteiger partial charge in [0, 0.05) is 31.2 Å². The summed E-state index contributed by atoms with van der Waals surface area (Å²) >= 11 is 0. The molecular formula is C10H12N2O2S. The van der Waals surface area contributed by atoms with Crippen LogP contribution in [0.3, 0.4) is 0 Å². The molecule has 0 bridgehead atoms. The average Bonchev–Trinajstić information content (AvgIpc) is 2.61. The average molecular weight is 224 g/mol. The highest BCUT2D eigenvalue weighted by Gasteiger charge is 2.20. The second-order valence-corrected chi connectivity index (χ2v) is 5.61. The first-order chi connectivity index (χ1) is 7.03. The van der Waals surface area contributed by atoms with Crippen LogP contribution in [0.4, 0.5) is 0 Å². The number of para-hydroxylation sites is 1. The van der Waals surface area contributed by atoms with Gasteiger partial charge in [-0.05, 0) is 6.07 Å². The molecule has 80 valence electrons. The van der Waals surface area contributed by atoms with E-state index < -0.39 is 10.0 Å². The van der Waals surface area contributed by atoms with Crippen molar-refractivity contribution in [3.8, 4) is 0 Å². The van der Waals surface area contributed by atoms with E-state index in [1.54, 1.807) is 6.07 Å². The van der Waals surface area contributed by atoms with Crippen LogP contribution in [-0.2, 0) is 10.0 Å². The number of fused-ring (bicyclic) bond motifs is 1. The molecule has 0 amide bonds. The molecule has 1 N–H and O–H groups in total. The second-order valence-electron chi connectivity index (χ2n) is 3.49. The van der Waals surface area contributed by atoms with Crippen molar-refractivity contribution in [1.82, 2.24) is 9.29 Å². The van der Waals surface area contributed by atoms with Crippen molar-refractivity contribution in [2.24, 2.45) is 0 Å². The highest BCUT2D eigenvalue weighted by molar-refractivity contribution is 7.89. The summed E-state index contributed by atoms with van der Waals surface area (Å²) in [6, 6.07) is 7.34. The number of nitrogens with zero attached hydrogens (tertiary/aromatic N) is 1. The van der Waals surface area contributed by atoms with Gasteiger partial charge in [-0.25, -0.2) is 12.7 Å². The largest absolute Gasteiger partial charge is 0.360 e. The maximum Gasteiger partial charge on any atom is 0.244 e. The molecule has 1 aromatic heterocycles. The summed E-state index contributed by atoms with van der Waals surface area (Å²) in [6.07, 6.45) is 1.53. The lowest BCUT2D eigenvalue weighted by Gasteiger charge is -2.09. The van der Waals surface area contributed by atoms with Crippen LogP contribution in [0.1, 0.15) is 0 Å². The molecule has 0 radical (unpaired) electrons. The van der Waals surface area contributed by atoms with Gasteiger partial charge in [0.15, 0.2) is 0 Å². The Balaban J connectivity index is 2.74. The minimum atomic E-state index is -3.36. The predicted octanol–water partition coefficient (Wildman–Crippen LogP) is 1.42. The molecule has 0 aliphatic rings. The van der Waals surface area contributed by atoms with Gasteiger partial charge in [0.05, 0.1) is 0 Å². The lowest BCUT2D eigenvalue weighted by molar-refractivity contribution is 0.521. The normalized spacial score (nSPS) is 12.5. The van der Waals surface area contributed by atoms with Crippen LogP contribution in [-0.4, -0.2) is 31.8 Å². The van der Waals surface area contributed by atoms with E-state index >= 15 is 0 Å². The molecule has 0 saturated carbocycles. The molecule has 0 unspecified atom stereocenters. The molecule has 0 fully saturated rings. The summed E-state index contributed by atoms with van der Waals surface area (Å²) in [6.45, 7) is 0. The number of benzene rings is 1. The molecule has 4 nitrogen and oxygen atoms in total. The Bertz CT molecular complexity index is 584. The zero-order chi connectivity index (χ0) is 11.1. The SMILES string of the molecule is CN(C)S(=O)(=O)c1c[nH]c2ccccc12. The first-order valence-corrected chi connectivity index (χ1v) is 5.96. The third-order valence-electron chi connectivity index (χ3n) is 2.31. The molecule has 0 aliphatic carbocycles. The van der Waals surface area contributed by atoms with Crippen molar-refractivity contribution in [1.29, 1.82) is 0 Å². The molecule has 0 saturated heterocycles. The van der Waals surface area contributed by atoms with Crippen molar-refractivity contribution in [2.45, 2.75) is 4.90 Å². The number of aromatic nitrogens is 1. The van der Waals surface area contributed by atoms with E-state index in [1.165, 1.54) is 24.6 Å². The van der Waals surface area contributed by atoms with Gasteiger partial charge in [0.1, 0.15) is 4.90 Å². The molecule has 0 aliphatic heterocycles. The maximum absolute atomic E-state index is 11.9. The van der Waals surface area contributed by atoms with Crippen molar-refractivity contribution in [3.63, 3.8) is 0 Å². The fraction of sp³-hybridized carbons (Fsp3) is 0.200. The summed E-state index contributed by atoms with van der Waals surface area (Å²) in [4.78, 5) is 3.27. The Morgan fingerprint density at radius 2 is 1.87 bits per heavy atom. The third-order valence-corrected chi connectivity index (χ3v) is 4.16. The summed E-state index contributed by atoms with van der Waals surface area (Å²) in [5.41, 5.74) is 0.831. The van der Waals surface area contributed by atoms with Gasteiger partial charge in [-0.2, -0.15) is 0 Å². The van der Waals surface area contributed by atoms with Crippen LogP contribution in [0, 0.1) is 0 Å². The fourth-order valence-corrected chi connectivity index (χ4v) is 2.51. The molecule has 15 heavy (non-hydrogen) atoms. The van der Waals surface area contributed by atoms with E-state index in [-0.39, 0.29) is 0 Å². The molecule has 5 heteroatoms. The first-order valence-electron chi connectivity index (χ1n) is 4.52. The Kier molecular flexibility index (Phi) is 2.28. The van der Waals surface area contributed by atoms with Crippen LogP contribution < -0.4 is 0 Å². The highest BCUT2D eigenvalue weighted by Crippen LogP contribution is 2.23. The topological polar surface area (TPSA) is 53.2 Å². The smallest absolute Gasteiger partial charge is 0.244 e. The van der Waals surface area contributed by atoms with Crippen molar-refractivity contribution < 1.29 is 8.42 Å². The zero-order valence-corrected chi connectivity index (χ0v) is 9.38. The zero-order valence-electron chi connectivity index (χ0n) is 8.56. The Hall–Kier alpha value is -1.33. The summed E-state index contributed by atoms with van der Waals surface area (Å²) in [5, 5.41) is 0.728. The predicted molar refractivity (Wildman–Crippen MR) is 59.2 cm³/mol. The van der Waals surface area contributed by atoms with Crippen LogP contribution >= 0.6 is 0 Å². The highest BCUT2D eigenvalue weighted by atomic mass is 32.2. The van der Waals surface area contributed by atoms with Crippen molar-refractivity contribution >= 4 is 20.9 Å².